The van der Waals surface area contributed by atoms with Crippen molar-refractivity contribution in [2.45, 2.75) is 33.3 Å². The first kappa shape index (κ1) is 21.4. The maximum Gasteiger partial charge on any atom is 0.348 e. The van der Waals surface area contributed by atoms with Gasteiger partial charge in [0.2, 0.25) is 0 Å². The summed E-state index contributed by atoms with van der Waals surface area (Å²) in [5.41, 5.74) is 7.19. The highest BCUT2D eigenvalue weighted by Gasteiger charge is 2.28. The normalized spacial score (nSPS) is 10.4. The Morgan fingerprint density at radius 3 is 2.25 bits per heavy atom. The molecular weight excluding hydrogens is 382 g/mol. The predicted octanol–water partition coefficient (Wildman–Crippen LogP) is 3.36. The van der Waals surface area contributed by atoms with Crippen LogP contribution in [0.3, 0.4) is 0 Å². The van der Waals surface area contributed by atoms with Crippen molar-refractivity contribution < 1.29 is 28.6 Å². The van der Waals surface area contributed by atoms with Crippen LogP contribution in [0.2, 0.25) is 0 Å². The Balaban J connectivity index is 2.13. The van der Waals surface area contributed by atoms with E-state index >= 15 is 0 Å². The van der Waals surface area contributed by atoms with Crippen LogP contribution in [0.15, 0.2) is 30.3 Å². The monoisotopic (exact) mass is 405 g/mol. The van der Waals surface area contributed by atoms with Crippen molar-refractivity contribution in [2.75, 3.05) is 18.9 Å². The molecule has 0 saturated carbocycles. The zero-order valence-corrected chi connectivity index (χ0v) is 16.7. The Labute approximate surface area is 167 Å². The third-order valence-corrected chi connectivity index (χ3v) is 4.85. The highest BCUT2D eigenvalue weighted by Crippen LogP contribution is 2.33. The Bertz CT molecular complexity index is 831. The van der Waals surface area contributed by atoms with E-state index < -0.39 is 17.9 Å². The second-order valence-corrected chi connectivity index (χ2v) is 6.79. The number of carbonyl (C=O) groups excluding carboxylic acids is 3. The van der Waals surface area contributed by atoms with Gasteiger partial charge >= 0.3 is 17.9 Å². The van der Waals surface area contributed by atoms with Crippen LogP contribution in [0.4, 0.5) is 5.00 Å². The topological polar surface area (TPSA) is 105 Å². The summed E-state index contributed by atoms with van der Waals surface area (Å²) in [4.78, 5) is 36.7. The number of carbonyl (C=O) groups is 3. The maximum absolute atomic E-state index is 12.2. The number of hydrogen-bond acceptors (Lipinski definition) is 8. The molecule has 1 aromatic carbocycles. The summed E-state index contributed by atoms with van der Waals surface area (Å²) < 4.78 is 15.3. The molecule has 1 aromatic heterocycles. The maximum atomic E-state index is 12.2. The van der Waals surface area contributed by atoms with E-state index in [4.69, 9.17) is 19.9 Å². The number of aryl methyl sites for hydroxylation is 1. The van der Waals surface area contributed by atoms with E-state index in [0.717, 1.165) is 16.9 Å². The lowest BCUT2D eigenvalue weighted by Crippen LogP contribution is -2.14. The molecule has 0 unspecified atom stereocenters. The van der Waals surface area contributed by atoms with Crippen molar-refractivity contribution in [3.63, 3.8) is 0 Å². The lowest BCUT2D eigenvalue weighted by atomic mass is 10.1. The number of hydrogen-bond donors (Lipinski definition) is 1. The molecule has 0 amide bonds. The fraction of sp³-hybridized carbons (Fsp3) is 0.350. The molecule has 0 bridgehead atoms. The summed E-state index contributed by atoms with van der Waals surface area (Å²) in [7, 11) is 0. The van der Waals surface area contributed by atoms with E-state index in [9.17, 15) is 14.4 Å². The van der Waals surface area contributed by atoms with Crippen LogP contribution in [0.1, 0.15) is 51.4 Å². The number of nitrogens with two attached hydrogens (primary N) is 1. The smallest absolute Gasteiger partial charge is 0.348 e. The lowest BCUT2D eigenvalue weighted by molar-refractivity contribution is -0.144. The molecule has 0 aliphatic rings. The fourth-order valence-corrected chi connectivity index (χ4v) is 3.48. The van der Waals surface area contributed by atoms with Crippen molar-refractivity contribution in [3.05, 3.63) is 51.9 Å². The molecule has 0 saturated heterocycles. The van der Waals surface area contributed by atoms with Gasteiger partial charge in [0.25, 0.3) is 0 Å². The minimum Gasteiger partial charge on any atom is -0.462 e. The number of thiophene rings is 1. The van der Waals surface area contributed by atoms with E-state index in [1.54, 1.807) is 13.8 Å². The summed E-state index contributed by atoms with van der Waals surface area (Å²) in [5, 5.41) is 0.122. The molecule has 2 rings (SSSR count). The van der Waals surface area contributed by atoms with Crippen molar-refractivity contribution in [3.8, 4) is 0 Å². The fourth-order valence-electron chi connectivity index (χ4n) is 2.53. The molecule has 8 heteroatoms. The summed E-state index contributed by atoms with van der Waals surface area (Å²) >= 11 is 0.916. The van der Waals surface area contributed by atoms with E-state index in [1.165, 1.54) is 0 Å². The molecular formula is C20H23NO6S. The number of nitrogen functional groups attached to an aromatic ring is 1. The van der Waals surface area contributed by atoms with E-state index in [0.29, 0.717) is 6.42 Å². The summed E-state index contributed by atoms with van der Waals surface area (Å²) in [5.74, 6) is -1.73. The summed E-state index contributed by atoms with van der Waals surface area (Å²) in [6, 6.07) is 9.53. The second-order valence-electron chi connectivity index (χ2n) is 5.74. The van der Waals surface area contributed by atoms with Gasteiger partial charge in [0, 0.05) is 12.0 Å². The zero-order chi connectivity index (χ0) is 20.5. The van der Waals surface area contributed by atoms with Crippen LogP contribution >= 0.6 is 11.3 Å². The third kappa shape index (κ3) is 5.56. The number of anilines is 1. The summed E-state index contributed by atoms with van der Waals surface area (Å²) in [6.45, 7) is 3.39. The van der Waals surface area contributed by atoms with Gasteiger partial charge in [0.05, 0.1) is 13.2 Å². The van der Waals surface area contributed by atoms with Gasteiger partial charge in [-0.1, -0.05) is 30.3 Å². The van der Waals surface area contributed by atoms with Gasteiger partial charge in [-0.05, 0) is 25.8 Å². The average Bonchev–Trinajstić information content (AvgIpc) is 3.02. The first-order valence-corrected chi connectivity index (χ1v) is 9.74. The van der Waals surface area contributed by atoms with Crippen LogP contribution in [0.25, 0.3) is 0 Å². The SMILES string of the molecule is CCOC(=O)c1sc(N)c(C(=O)OCC)c1COC(=O)CCc1ccccc1. The Hall–Kier alpha value is -2.87. The minimum absolute atomic E-state index is 0.0470. The predicted molar refractivity (Wildman–Crippen MR) is 105 cm³/mol. The molecule has 2 N–H and O–H groups in total. The molecule has 0 radical (unpaired) electrons. The number of ether oxygens (including phenoxy) is 3. The van der Waals surface area contributed by atoms with Crippen molar-refractivity contribution in [1.29, 1.82) is 0 Å². The first-order valence-electron chi connectivity index (χ1n) is 8.92. The molecule has 0 spiro atoms. The van der Waals surface area contributed by atoms with Crippen LogP contribution in [-0.4, -0.2) is 31.1 Å². The van der Waals surface area contributed by atoms with E-state index in [2.05, 4.69) is 0 Å². The number of rotatable bonds is 9. The Morgan fingerprint density at radius 1 is 0.964 bits per heavy atom. The quantitative estimate of drug-likeness (QED) is 0.504. The highest BCUT2D eigenvalue weighted by molar-refractivity contribution is 7.18. The van der Waals surface area contributed by atoms with Gasteiger partial charge in [0.15, 0.2) is 0 Å². The average molecular weight is 405 g/mol. The minimum atomic E-state index is -0.665. The molecule has 0 fully saturated rings. The van der Waals surface area contributed by atoms with Crippen molar-refractivity contribution in [1.82, 2.24) is 0 Å². The largest absolute Gasteiger partial charge is 0.462 e. The summed E-state index contributed by atoms with van der Waals surface area (Å²) in [6.07, 6.45) is 0.702. The lowest BCUT2D eigenvalue weighted by Gasteiger charge is -2.09. The van der Waals surface area contributed by atoms with Gasteiger partial charge in [-0.3, -0.25) is 4.79 Å². The molecule has 0 aliphatic carbocycles. The van der Waals surface area contributed by atoms with E-state index in [1.807, 2.05) is 30.3 Å². The van der Waals surface area contributed by atoms with Gasteiger partial charge in [-0.15, -0.1) is 11.3 Å². The van der Waals surface area contributed by atoms with E-state index in [-0.39, 0.29) is 47.2 Å². The number of esters is 3. The third-order valence-electron chi connectivity index (χ3n) is 3.81. The van der Waals surface area contributed by atoms with Crippen LogP contribution in [-0.2, 0) is 32.0 Å². The molecule has 7 nitrogen and oxygen atoms in total. The van der Waals surface area contributed by atoms with Gasteiger partial charge < -0.3 is 19.9 Å². The van der Waals surface area contributed by atoms with Crippen molar-refractivity contribution >= 4 is 34.2 Å². The zero-order valence-electron chi connectivity index (χ0n) is 15.9. The molecule has 1 heterocycles. The van der Waals surface area contributed by atoms with Gasteiger partial charge in [0.1, 0.15) is 22.0 Å². The molecule has 2 aromatic rings. The Morgan fingerprint density at radius 2 is 1.61 bits per heavy atom. The molecule has 150 valence electrons. The highest BCUT2D eigenvalue weighted by atomic mass is 32.1. The molecule has 0 aliphatic heterocycles. The Kier molecular flexibility index (Phi) is 8.01. The standard InChI is InChI=1S/C20H23NO6S/c1-3-25-19(23)16-14(17(28-18(16)21)20(24)26-4-2)12-27-15(22)11-10-13-8-6-5-7-9-13/h5-9H,3-4,10-12,21H2,1-2H3. The van der Waals surface area contributed by atoms with Crippen LogP contribution < -0.4 is 5.73 Å². The first-order chi connectivity index (χ1) is 13.5. The second kappa shape index (κ2) is 10.5. The van der Waals surface area contributed by atoms with Crippen LogP contribution in [0, 0.1) is 0 Å². The number of benzene rings is 1. The van der Waals surface area contributed by atoms with Crippen LogP contribution in [0.5, 0.6) is 0 Å². The molecule has 28 heavy (non-hydrogen) atoms. The van der Waals surface area contributed by atoms with Gasteiger partial charge in [-0.25, -0.2) is 9.59 Å². The molecule has 0 atom stereocenters. The van der Waals surface area contributed by atoms with Gasteiger partial charge in [-0.2, -0.15) is 0 Å². The van der Waals surface area contributed by atoms with Crippen molar-refractivity contribution in [2.24, 2.45) is 0 Å².